The standard InChI is InChI=1S/C12H16N2O4S/c1-9(6-15)7-19-8-12(16)13-10-4-2-3-5-11(10)14(17)18/h2-5,9,15H,6-8H2,1H3,(H,13,16). The minimum atomic E-state index is -0.531. The number of nitro benzene ring substituents is 1. The number of thioether (sulfide) groups is 1. The van der Waals surface area contributed by atoms with Gasteiger partial charge in [0.15, 0.2) is 0 Å². The summed E-state index contributed by atoms with van der Waals surface area (Å²) in [7, 11) is 0. The van der Waals surface area contributed by atoms with E-state index in [1.54, 1.807) is 12.1 Å². The number of hydrogen-bond donors (Lipinski definition) is 2. The average molecular weight is 284 g/mol. The van der Waals surface area contributed by atoms with Crippen LogP contribution in [0.1, 0.15) is 6.92 Å². The predicted molar refractivity (Wildman–Crippen MR) is 75.3 cm³/mol. The lowest BCUT2D eigenvalue weighted by molar-refractivity contribution is -0.383. The molecule has 1 aromatic carbocycles. The third-order valence-electron chi connectivity index (χ3n) is 2.32. The Morgan fingerprint density at radius 2 is 2.21 bits per heavy atom. The van der Waals surface area contributed by atoms with Crippen LogP contribution in [0.15, 0.2) is 24.3 Å². The molecular formula is C12H16N2O4S. The molecule has 1 amide bonds. The van der Waals surface area contributed by atoms with Crippen molar-refractivity contribution in [3.63, 3.8) is 0 Å². The van der Waals surface area contributed by atoms with E-state index in [0.717, 1.165) is 0 Å². The first-order valence-corrected chi connectivity index (χ1v) is 6.92. The lowest BCUT2D eigenvalue weighted by Crippen LogP contribution is -2.16. The summed E-state index contributed by atoms with van der Waals surface area (Å²) in [5, 5.41) is 22.1. The van der Waals surface area contributed by atoms with E-state index in [1.807, 2.05) is 6.92 Å². The molecule has 1 aromatic rings. The van der Waals surface area contributed by atoms with Crippen molar-refractivity contribution in [3.05, 3.63) is 34.4 Å². The number of aliphatic hydroxyl groups is 1. The molecule has 1 rings (SSSR count). The Morgan fingerprint density at radius 3 is 2.84 bits per heavy atom. The summed E-state index contributed by atoms with van der Waals surface area (Å²) in [4.78, 5) is 21.9. The molecule has 0 aliphatic heterocycles. The van der Waals surface area contributed by atoms with E-state index < -0.39 is 4.92 Å². The van der Waals surface area contributed by atoms with Gasteiger partial charge in [-0.15, -0.1) is 0 Å². The summed E-state index contributed by atoms with van der Waals surface area (Å²) in [5.41, 5.74) is 0.0814. The van der Waals surface area contributed by atoms with E-state index in [0.29, 0.717) is 5.75 Å². The zero-order valence-corrected chi connectivity index (χ0v) is 11.4. The van der Waals surface area contributed by atoms with Crippen molar-refractivity contribution in [1.82, 2.24) is 0 Å². The highest BCUT2D eigenvalue weighted by Gasteiger charge is 2.14. The first-order valence-electron chi connectivity index (χ1n) is 5.76. The summed E-state index contributed by atoms with van der Waals surface area (Å²) in [6.07, 6.45) is 0. The summed E-state index contributed by atoms with van der Waals surface area (Å²) >= 11 is 1.39. The number of amides is 1. The second-order valence-electron chi connectivity index (χ2n) is 4.13. The van der Waals surface area contributed by atoms with Crippen molar-refractivity contribution in [2.75, 3.05) is 23.4 Å². The maximum Gasteiger partial charge on any atom is 0.292 e. The third kappa shape index (κ3) is 5.27. The van der Waals surface area contributed by atoms with Crippen LogP contribution in [0.3, 0.4) is 0 Å². The van der Waals surface area contributed by atoms with Gasteiger partial charge < -0.3 is 10.4 Å². The quantitative estimate of drug-likeness (QED) is 0.589. The minimum absolute atomic E-state index is 0.0821. The smallest absolute Gasteiger partial charge is 0.292 e. The van der Waals surface area contributed by atoms with Crippen LogP contribution in [0, 0.1) is 16.0 Å². The molecular weight excluding hydrogens is 268 g/mol. The largest absolute Gasteiger partial charge is 0.396 e. The van der Waals surface area contributed by atoms with Crippen LogP contribution in [0.5, 0.6) is 0 Å². The van der Waals surface area contributed by atoms with Crippen LogP contribution in [-0.2, 0) is 4.79 Å². The lowest BCUT2D eigenvalue weighted by atomic mass is 10.2. The highest BCUT2D eigenvalue weighted by atomic mass is 32.2. The summed E-state index contributed by atoms with van der Waals surface area (Å²) in [6, 6.07) is 6.02. The molecule has 0 heterocycles. The summed E-state index contributed by atoms with van der Waals surface area (Å²) < 4.78 is 0. The first kappa shape index (κ1) is 15.5. The van der Waals surface area contributed by atoms with Crippen LogP contribution in [0.2, 0.25) is 0 Å². The number of hydrogen-bond acceptors (Lipinski definition) is 5. The van der Waals surface area contributed by atoms with E-state index >= 15 is 0 Å². The number of nitrogens with one attached hydrogen (secondary N) is 1. The van der Waals surface area contributed by atoms with Gasteiger partial charge in [-0.3, -0.25) is 14.9 Å². The average Bonchev–Trinajstić information content (AvgIpc) is 2.38. The van der Waals surface area contributed by atoms with Gasteiger partial charge in [-0.25, -0.2) is 0 Å². The number of aliphatic hydroxyl groups excluding tert-OH is 1. The number of anilines is 1. The number of nitrogens with zero attached hydrogens (tertiary/aromatic N) is 1. The Labute approximate surface area is 115 Å². The van der Waals surface area contributed by atoms with Gasteiger partial charge in [-0.2, -0.15) is 11.8 Å². The second-order valence-corrected chi connectivity index (χ2v) is 5.16. The number of carbonyl (C=O) groups is 1. The van der Waals surface area contributed by atoms with Crippen molar-refractivity contribution >= 4 is 29.0 Å². The van der Waals surface area contributed by atoms with Crippen LogP contribution in [0.25, 0.3) is 0 Å². The number of benzene rings is 1. The molecule has 0 aliphatic rings. The molecule has 0 fully saturated rings. The minimum Gasteiger partial charge on any atom is -0.396 e. The molecule has 1 atom stereocenters. The van der Waals surface area contributed by atoms with E-state index in [1.165, 1.54) is 23.9 Å². The SMILES string of the molecule is CC(CO)CSCC(=O)Nc1ccccc1[N+](=O)[O-]. The molecule has 0 saturated carbocycles. The van der Waals surface area contributed by atoms with E-state index in [9.17, 15) is 14.9 Å². The Morgan fingerprint density at radius 1 is 1.53 bits per heavy atom. The Hall–Kier alpha value is -1.60. The van der Waals surface area contributed by atoms with Crippen molar-refractivity contribution in [3.8, 4) is 0 Å². The number of nitro groups is 1. The summed E-state index contributed by atoms with van der Waals surface area (Å²) in [6.45, 7) is 1.96. The highest BCUT2D eigenvalue weighted by Crippen LogP contribution is 2.23. The highest BCUT2D eigenvalue weighted by molar-refractivity contribution is 7.99. The fourth-order valence-corrected chi connectivity index (χ4v) is 2.21. The molecule has 0 bridgehead atoms. The number of rotatable bonds is 7. The Kier molecular flexibility index (Phi) is 6.31. The zero-order chi connectivity index (χ0) is 14.3. The van der Waals surface area contributed by atoms with Gasteiger partial charge in [-0.05, 0) is 17.7 Å². The van der Waals surface area contributed by atoms with Crippen LogP contribution < -0.4 is 5.32 Å². The fraction of sp³-hybridized carbons (Fsp3) is 0.417. The molecule has 0 aromatic heterocycles. The second kappa shape index (κ2) is 7.75. The maximum absolute atomic E-state index is 11.6. The normalized spacial score (nSPS) is 11.9. The zero-order valence-electron chi connectivity index (χ0n) is 10.5. The lowest BCUT2D eigenvalue weighted by Gasteiger charge is -2.08. The molecule has 104 valence electrons. The van der Waals surface area contributed by atoms with E-state index in [2.05, 4.69) is 5.32 Å². The molecule has 1 unspecified atom stereocenters. The van der Waals surface area contributed by atoms with Gasteiger partial charge >= 0.3 is 0 Å². The predicted octanol–water partition coefficient (Wildman–Crippen LogP) is 1.89. The molecule has 2 N–H and O–H groups in total. The van der Waals surface area contributed by atoms with Crippen molar-refractivity contribution in [2.24, 2.45) is 5.92 Å². The van der Waals surface area contributed by atoms with Crippen molar-refractivity contribution in [1.29, 1.82) is 0 Å². The van der Waals surface area contributed by atoms with E-state index in [4.69, 9.17) is 5.11 Å². The van der Waals surface area contributed by atoms with Gasteiger partial charge in [0.2, 0.25) is 5.91 Å². The van der Waals surface area contributed by atoms with Gasteiger partial charge in [0, 0.05) is 12.7 Å². The van der Waals surface area contributed by atoms with Gasteiger partial charge in [0.25, 0.3) is 5.69 Å². The van der Waals surface area contributed by atoms with Gasteiger partial charge in [-0.1, -0.05) is 19.1 Å². The topological polar surface area (TPSA) is 92.5 Å². The molecule has 6 nitrogen and oxygen atoms in total. The number of para-hydroxylation sites is 2. The van der Waals surface area contributed by atoms with E-state index in [-0.39, 0.29) is 35.6 Å². The fourth-order valence-electron chi connectivity index (χ4n) is 1.33. The Balaban J connectivity index is 2.51. The van der Waals surface area contributed by atoms with Crippen LogP contribution >= 0.6 is 11.8 Å². The molecule has 19 heavy (non-hydrogen) atoms. The molecule has 0 radical (unpaired) electrons. The molecule has 0 aliphatic carbocycles. The Bertz CT molecular complexity index is 453. The monoisotopic (exact) mass is 284 g/mol. The van der Waals surface area contributed by atoms with Crippen molar-refractivity contribution < 1.29 is 14.8 Å². The first-order chi connectivity index (χ1) is 9.04. The van der Waals surface area contributed by atoms with Crippen LogP contribution in [-0.4, -0.2) is 34.0 Å². The number of carbonyl (C=O) groups excluding carboxylic acids is 1. The van der Waals surface area contributed by atoms with Gasteiger partial charge in [0.05, 0.1) is 10.7 Å². The van der Waals surface area contributed by atoms with Gasteiger partial charge in [0.1, 0.15) is 5.69 Å². The van der Waals surface area contributed by atoms with Crippen LogP contribution in [0.4, 0.5) is 11.4 Å². The maximum atomic E-state index is 11.6. The third-order valence-corrected chi connectivity index (χ3v) is 3.59. The molecule has 0 saturated heterocycles. The summed E-state index contributed by atoms with van der Waals surface area (Å²) in [5.74, 6) is 0.713. The van der Waals surface area contributed by atoms with Crippen molar-refractivity contribution in [2.45, 2.75) is 6.92 Å². The molecule has 0 spiro atoms. The molecule has 7 heteroatoms.